The molecule has 1 aromatic carbocycles. The number of ether oxygens (including phenoxy) is 1. The van der Waals surface area contributed by atoms with Crippen LogP contribution in [0.1, 0.15) is 39.3 Å². The van der Waals surface area contributed by atoms with Crippen LogP contribution in [0.4, 0.5) is 0 Å². The number of hydrogen-bond donors (Lipinski definition) is 1. The van der Waals surface area contributed by atoms with Gasteiger partial charge < -0.3 is 10.1 Å². The molecule has 1 N–H and O–H groups in total. The van der Waals surface area contributed by atoms with Crippen molar-refractivity contribution < 1.29 is 4.74 Å². The van der Waals surface area contributed by atoms with Gasteiger partial charge in [-0.25, -0.2) is 0 Å². The SMILES string of the molecule is CCN[C@@H](C)CN(CC)[C@@H](C)c1ccccc1OC. The summed E-state index contributed by atoms with van der Waals surface area (Å²) in [6.45, 7) is 11.9. The summed E-state index contributed by atoms with van der Waals surface area (Å²) in [6.07, 6.45) is 0. The molecule has 0 aromatic heterocycles. The number of rotatable bonds is 8. The van der Waals surface area contributed by atoms with Crippen molar-refractivity contribution in [2.45, 2.75) is 39.8 Å². The zero-order chi connectivity index (χ0) is 14.3. The summed E-state index contributed by atoms with van der Waals surface area (Å²) in [4.78, 5) is 2.48. The number of para-hydroxylation sites is 1. The third-order valence-corrected chi connectivity index (χ3v) is 3.60. The lowest BCUT2D eigenvalue weighted by Crippen LogP contribution is -2.40. The molecule has 2 atom stereocenters. The minimum Gasteiger partial charge on any atom is -0.496 e. The molecule has 0 saturated carbocycles. The Bertz CT molecular complexity index is 368. The van der Waals surface area contributed by atoms with Gasteiger partial charge in [0.2, 0.25) is 0 Å². The number of hydrogen-bond acceptors (Lipinski definition) is 3. The molecule has 0 radical (unpaired) electrons. The Hall–Kier alpha value is -1.06. The first-order valence-corrected chi connectivity index (χ1v) is 7.24. The topological polar surface area (TPSA) is 24.5 Å². The van der Waals surface area contributed by atoms with Crippen molar-refractivity contribution in [2.75, 3.05) is 26.7 Å². The van der Waals surface area contributed by atoms with Crippen molar-refractivity contribution in [3.8, 4) is 5.75 Å². The van der Waals surface area contributed by atoms with Gasteiger partial charge >= 0.3 is 0 Å². The average molecular weight is 264 g/mol. The van der Waals surface area contributed by atoms with Gasteiger partial charge in [-0.1, -0.05) is 32.0 Å². The van der Waals surface area contributed by atoms with Crippen LogP contribution in [0.3, 0.4) is 0 Å². The lowest BCUT2D eigenvalue weighted by Gasteiger charge is -2.31. The molecule has 0 aliphatic carbocycles. The molecular weight excluding hydrogens is 236 g/mol. The standard InChI is InChI=1S/C16H28N2O/c1-6-17-13(3)12-18(7-2)14(4)15-10-8-9-11-16(15)19-5/h8-11,13-14,17H,6-7,12H2,1-5H3/t13-,14-/m0/s1. The van der Waals surface area contributed by atoms with E-state index in [9.17, 15) is 0 Å². The van der Waals surface area contributed by atoms with Crippen molar-refractivity contribution >= 4 is 0 Å². The summed E-state index contributed by atoms with van der Waals surface area (Å²) in [7, 11) is 1.74. The van der Waals surface area contributed by atoms with Crippen LogP contribution in [0.15, 0.2) is 24.3 Å². The molecule has 0 heterocycles. The molecule has 0 bridgehead atoms. The maximum absolute atomic E-state index is 5.47. The van der Waals surface area contributed by atoms with Crippen molar-refractivity contribution in [2.24, 2.45) is 0 Å². The zero-order valence-corrected chi connectivity index (χ0v) is 12.9. The minimum atomic E-state index is 0.363. The summed E-state index contributed by atoms with van der Waals surface area (Å²) < 4.78 is 5.47. The fourth-order valence-electron chi connectivity index (χ4n) is 2.53. The van der Waals surface area contributed by atoms with Crippen molar-refractivity contribution in [3.63, 3.8) is 0 Å². The number of likely N-dealkylation sites (N-methyl/N-ethyl adjacent to an activating group) is 2. The van der Waals surface area contributed by atoms with E-state index in [2.05, 4.69) is 50.0 Å². The summed E-state index contributed by atoms with van der Waals surface area (Å²) in [6, 6.07) is 9.16. The van der Waals surface area contributed by atoms with Crippen LogP contribution in [0, 0.1) is 0 Å². The fourth-order valence-corrected chi connectivity index (χ4v) is 2.53. The van der Waals surface area contributed by atoms with Crippen LogP contribution in [0.5, 0.6) is 5.75 Å². The second-order valence-electron chi connectivity index (χ2n) is 4.96. The van der Waals surface area contributed by atoms with Crippen LogP contribution in [-0.2, 0) is 0 Å². The number of benzene rings is 1. The highest BCUT2D eigenvalue weighted by atomic mass is 16.5. The third kappa shape index (κ3) is 4.51. The van der Waals surface area contributed by atoms with Crippen molar-refractivity contribution in [1.82, 2.24) is 10.2 Å². The van der Waals surface area contributed by atoms with E-state index in [1.807, 2.05) is 12.1 Å². The molecule has 0 aliphatic rings. The molecule has 0 unspecified atom stereocenters. The first-order valence-electron chi connectivity index (χ1n) is 7.24. The lowest BCUT2D eigenvalue weighted by atomic mass is 10.0. The second kappa shape index (κ2) is 8.18. The number of methoxy groups -OCH3 is 1. The van der Waals surface area contributed by atoms with E-state index in [-0.39, 0.29) is 0 Å². The quantitative estimate of drug-likeness (QED) is 0.781. The monoisotopic (exact) mass is 264 g/mol. The van der Waals surface area contributed by atoms with Gasteiger partial charge in [-0.05, 0) is 33.0 Å². The van der Waals surface area contributed by atoms with Crippen molar-refractivity contribution in [1.29, 1.82) is 0 Å². The van der Waals surface area contributed by atoms with Gasteiger partial charge in [-0.2, -0.15) is 0 Å². The molecule has 0 saturated heterocycles. The second-order valence-corrected chi connectivity index (χ2v) is 4.96. The first kappa shape index (κ1) is 16.0. The van der Waals surface area contributed by atoms with Gasteiger partial charge in [0.15, 0.2) is 0 Å². The molecule has 1 aromatic rings. The fraction of sp³-hybridized carbons (Fsp3) is 0.625. The predicted molar refractivity (Wildman–Crippen MR) is 81.8 cm³/mol. The Balaban J connectivity index is 2.80. The van der Waals surface area contributed by atoms with E-state index in [4.69, 9.17) is 4.74 Å². The molecule has 0 amide bonds. The Kier molecular flexibility index (Phi) is 6.89. The van der Waals surface area contributed by atoms with E-state index in [0.29, 0.717) is 12.1 Å². The highest BCUT2D eigenvalue weighted by Crippen LogP contribution is 2.28. The number of nitrogens with zero attached hydrogens (tertiary/aromatic N) is 1. The van der Waals surface area contributed by atoms with Crippen LogP contribution in [-0.4, -0.2) is 37.7 Å². The molecule has 0 aliphatic heterocycles. The maximum Gasteiger partial charge on any atom is 0.123 e. The van der Waals surface area contributed by atoms with E-state index >= 15 is 0 Å². The highest BCUT2D eigenvalue weighted by Gasteiger charge is 2.19. The highest BCUT2D eigenvalue weighted by molar-refractivity contribution is 5.35. The zero-order valence-electron chi connectivity index (χ0n) is 12.9. The predicted octanol–water partition coefficient (Wildman–Crippen LogP) is 3.08. The van der Waals surface area contributed by atoms with E-state index in [0.717, 1.165) is 25.4 Å². The van der Waals surface area contributed by atoms with Crippen LogP contribution >= 0.6 is 0 Å². The Morgan fingerprint density at radius 1 is 1.21 bits per heavy atom. The van der Waals surface area contributed by atoms with E-state index in [1.165, 1.54) is 5.56 Å². The average Bonchev–Trinajstić information content (AvgIpc) is 2.44. The molecule has 3 nitrogen and oxygen atoms in total. The molecule has 108 valence electrons. The van der Waals surface area contributed by atoms with Gasteiger partial charge in [0.25, 0.3) is 0 Å². The Morgan fingerprint density at radius 2 is 1.89 bits per heavy atom. The molecule has 0 fully saturated rings. The molecule has 3 heteroatoms. The largest absolute Gasteiger partial charge is 0.496 e. The van der Waals surface area contributed by atoms with E-state index < -0.39 is 0 Å². The number of nitrogens with one attached hydrogen (secondary N) is 1. The van der Waals surface area contributed by atoms with Crippen LogP contribution in [0.2, 0.25) is 0 Å². The minimum absolute atomic E-state index is 0.363. The van der Waals surface area contributed by atoms with Crippen molar-refractivity contribution in [3.05, 3.63) is 29.8 Å². The third-order valence-electron chi connectivity index (χ3n) is 3.60. The maximum atomic E-state index is 5.47. The molecule has 0 spiro atoms. The Labute approximate surface area is 118 Å². The van der Waals surface area contributed by atoms with E-state index in [1.54, 1.807) is 7.11 Å². The molecular formula is C16H28N2O. The summed E-state index contributed by atoms with van der Waals surface area (Å²) in [5.41, 5.74) is 1.26. The Morgan fingerprint density at radius 3 is 2.47 bits per heavy atom. The van der Waals surface area contributed by atoms with Gasteiger partial charge in [0.1, 0.15) is 5.75 Å². The van der Waals surface area contributed by atoms with Gasteiger partial charge in [0.05, 0.1) is 7.11 Å². The molecule has 1 rings (SSSR count). The van der Waals surface area contributed by atoms with Gasteiger partial charge in [0, 0.05) is 24.2 Å². The lowest BCUT2D eigenvalue weighted by molar-refractivity contribution is 0.198. The molecule has 19 heavy (non-hydrogen) atoms. The smallest absolute Gasteiger partial charge is 0.123 e. The van der Waals surface area contributed by atoms with Crippen LogP contribution < -0.4 is 10.1 Å². The summed E-state index contributed by atoms with van der Waals surface area (Å²) >= 11 is 0. The summed E-state index contributed by atoms with van der Waals surface area (Å²) in [5, 5.41) is 3.47. The van der Waals surface area contributed by atoms with Gasteiger partial charge in [-0.15, -0.1) is 0 Å². The summed E-state index contributed by atoms with van der Waals surface area (Å²) in [5.74, 6) is 0.976. The van der Waals surface area contributed by atoms with Crippen LogP contribution in [0.25, 0.3) is 0 Å². The normalized spacial score (nSPS) is 14.4. The van der Waals surface area contributed by atoms with Gasteiger partial charge in [-0.3, -0.25) is 4.90 Å². The first-order chi connectivity index (χ1) is 9.13.